The normalized spacial score (nSPS) is 10.9. The number of nitrogens with one attached hydrogen (secondary N) is 2. The summed E-state index contributed by atoms with van der Waals surface area (Å²) in [6.45, 7) is 9.73. The number of hydrogen-bond acceptors (Lipinski definition) is 5. The predicted octanol–water partition coefficient (Wildman–Crippen LogP) is 0.560. The van der Waals surface area contributed by atoms with Crippen LogP contribution >= 0.6 is 0 Å². The molecule has 0 saturated heterocycles. The van der Waals surface area contributed by atoms with E-state index >= 15 is 0 Å². The molecule has 20 heavy (non-hydrogen) atoms. The highest BCUT2D eigenvalue weighted by Crippen LogP contribution is 1.86. The highest BCUT2D eigenvalue weighted by molar-refractivity contribution is 5.45. The Balaban J connectivity index is 2.94. The molecule has 0 aliphatic carbocycles. The summed E-state index contributed by atoms with van der Waals surface area (Å²) in [5, 5.41) is 5.92. The number of rotatable bonds is 16. The summed E-state index contributed by atoms with van der Waals surface area (Å²) in [5.74, 6) is 0. The number of carbonyl (C=O) groups is 1. The summed E-state index contributed by atoms with van der Waals surface area (Å²) in [6.07, 6.45) is 2.55. The van der Waals surface area contributed by atoms with E-state index in [4.69, 9.17) is 14.2 Å². The van der Waals surface area contributed by atoms with Gasteiger partial charge in [0, 0.05) is 25.8 Å². The molecule has 0 heterocycles. The Kier molecular flexibility index (Phi) is 15.8. The molecule has 0 aromatic carbocycles. The second-order valence-corrected chi connectivity index (χ2v) is 4.73. The highest BCUT2D eigenvalue weighted by atomic mass is 16.5. The van der Waals surface area contributed by atoms with Crippen LogP contribution in [0.5, 0.6) is 0 Å². The van der Waals surface area contributed by atoms with Crippen LogP contribution in [-0.4, -0.2) is 65.2 Å². The number of amides is 1. The molecule has 0 saturated carbocycles. The van der Waals surface area contributed by atoms with Crippen molar-refractivity contribution < 1.29 is 19.0 Å². The van der Waals surface area contributed by atoms with Crippen LogP contribution in [0, 0.1) is 0 Å². The van der Waals surface area contributed by atoms with E-state index in [1.807, 2.05) is 0 Å². The summed E-state index contributed by atoms with van der Waals surface area (Å²) in [5.41, 5.74) is 0. The fourth-order valence-corrected chi connectivity index (χ4v) is 1.44. The Labute approximate surface area is 122 Å². The first-order valence-electron chi connectivity index (χ1n) is 7.41. The van der Waals surface area contributed by atoms with Crippen molar-refractivity contribution in [1.82, 2.24) is 10.6 Å². The van der Waals surface area contributed by atoms with Crippen molar-refractivity contribution >= 4 is 6.41 Å². The highest BCUT2D eigenvalue weighted by Gasteiger charge is 1.94. The summed E-state index contributed by atoms with van der Waals surface area (Å²) in [7, 11) is 0. The van der Waals surface area contributed by atoms with Gasteiger partial charge in [-0.2, -0.15) is 0 Å². The quantitative estimate of drug-likeness (QED) is 0.321. The molecule has 0 unspecified atom stereocenters. The van der Waals surface area contributed by atoms with Crippen LogP contribution < -0.4 is 10.6 Å². The zero-order chi connectivity index (χ0) is 14.9. The summed E-state index contributed by atoms with van der Waals surface area (Å²) < 4.78 is 16.1. The number of carbonyl (C=O) groups excluding carboxylic acids is 1. The summed E-state index contributed by atoms with van der Waals surface area (Å²) in [6, 6.07) is 0.535. The van der Waals surface area contributed by atoms with Crippen LogP contribution in [0.1, 0.15) is 26.7 Å². The fourth-order valence-electron chi connectivity index (χ4n) is 1.44. The zero-order valence-corrected chi connectivity index (χ0v) is 12.9. The maximum Gasteiger partial charge on any atom is 0.207 e. The van der Waals surface area contributed by atoms with E-state index in [2.05, 4.69) is 24.5 Å². The van der Waals surface area contributed by atoms with E-state index in [1.165, 1.54) is 0 Å². The van der Waals surface area contributed by atoms with E-state index in [0.717, 1.165) is 26.0 Å². The molecule has 6 heteroatoms. The van der Waals surface area contributed by atoms with Crippen molar-refractivity contribution in [3.63, 3.8) is 0 Å². The lowest BCUT2D eigenvalue weighted by Crippen LogP contribution is -2.24. The van der Waals surface area contributed by atoms with Gasteiger partial charge in [0.15, 0.2) is 0 Å². The molecule has 120 valence electrons. The third-order valence-electron chi connectivity index (χ3n) is 2.46. The van der Waals surface area contributed by atoms with Gasteiger partial charge in [-0.05, 0) is 19.4 Å². The Bertz CT molecular complexity index is 204. The molecule has 0 rings (SSSR count). The van der Waals surface area contributed by atoms with Crippen LogP contribution in [0.3, 0.4) is 0 Å². The smallest absolute Gasteiger partial charge is 0.207 e. The van der Waals surface area contributed by atoms with Gasteiger partial charge in [0.25, 0.3) is 0 Å². The molecular weight excluding hydrogens is 260 g/mol. The van der Waals surface area contributed by atoms with Gasteiger partial charge in [-0.1, -0.05) is 13.8 Å². The first-order valence-corrected chi connectivity index (χ1v) is 7.41. The Morgan fingerprint density at radius 1 is 0.850 bits per heavy atom. The molecule has 0 atom stereocenters. The van der Waals surface area contributed by atoms with Gasteiger partial charge < -0.3 is 24.8 Å². The number of ether oxygens (including phenoxy) is 3. The summed E-state index contributed by atoms with van der Waals surface area (Å²) >= 11 is 0. The molecule has 0 radical (unpaired) electrons. The molecule has 0 aliphatic rings. The van der Waals surface area contributed by atoms with Crippen LogP contribution in [-0.2, 0) is 19.0 Å². The average molecular weight is 290 g/mol. The third-order valence-corrected chi connectivity index (χ3v) is 2.46. The van der Waals surface area contributed by atoms with Crippen molar-refractivity contribution in [2.75, 3.05) is 52.7 Å². The lowest BCUT2D eigenvalue weighted by Gasteiger charge is -2.08. The maximum atomic E-state index is 9.97. The van der Waals surface area contributed by atoms with E-state index in [0.29, 0.717) is 52.0 Å². The van der Waals surface area contributed by atoms with Gasteiger partial charge in [-0.15, -0.1) is 0 Å². The summed E-state index contributed by atoms with van der Waals surface area (Å²) in [4.78, 5) is 9.97. The lowest BCUT2D eigenvalue weighted by atomic mass is 10.3. The molecule has 0 aromatic heterocycles. The Morgan fingerprint density at radius 2 is 1.35 bits per heavy atom. The average Bonchev–Trinajstić information content (AvgIpc) is 2.43. The topological polar surface area (TPSA) is 68.8 Å². The van der Waals surface area contributed by atoms with Crippen molar-refractivity contribution in [2.45, 2.75) is 32.7 Å². The third kappa shape index (κ3) is 17.3. The van der Waals surface area contributed by atoms with Gasteiger partial charge in [0.05, 0.1) is 26.4 Å². The molecule has 0 fully saturated rings. The molecule has 6 nitrogen and oxygen atoms in total. The van der Waals surface area contributed by atoms with Gasteiger partial charge in [0.1, 0.15) is 0 Å². The first-order chi connectivity index (χ1) is 9.77. The molecular formula is C14H30N2O4. The van der Waals surface area contributed by atoms with E-state index in [1.54, 1.807) is 0 Å². The van der Waals surface area contributed by atoms with Gasteiger partial charge in [-0.3, -0.25) is 4.79 Å². The predicted molar refractivity (Wildman–Crippen MR) is 78.9 cm³/mol. The second-order valence-electron chi connectivity index (χ2n) is 4.73. The van der Waals surface area contributed by atoms with E-state index < -0.39 is 0 Å². The van der Waals surface area contributed by atoms with E-state index in [-0.39, 0.29) is 0 Å². The van der Waals surface area contributed by atoms with Crippen LogP contribution in [0.25, 0.3) is 0 Å². The minimum absolute atomic E-state index is 0.535. The zero-order valence-electron chi connectivity index (χ0n) is 12.9. The minimum Gasteiger partial charge on any atom is -0.379 e. The lowest BCUT2D eigenvalue weighted by molar-refractivity contribution is -0.109. The SMILES string of the molecule is CC(C)NCCCOCCOCCOCCCNC=O. The van der Waals surface area contributed by atoms with Gasteiger partial charge in [0.2, 0.25) is 6.41 Å². The van der Waals surface area contributed by atoms with Crippen LogP contribution in [0.15, 0.2) is 0 Å². The molecule has 2 N–H and O–H groups in total. The van der Waals surface area contributed by atoms with Crippen molar-refractivity contribution in [1.29, 1.82) is 0 Å². The Morgan fingerprint density at radius 3 is 1.85 bits per heavy atom. The molecule has 0 aliphatic heterocycles. The van der Waals surface area contributed by atoms with Crippen molar-refractivity contribution in [2.24, 2.45) is 0 Å². The van der Waals surface area contributed by atoms with Crippen LogP contribution in [0.2, 0.25) is 0 Å². The van der Waals surface area contributed by atoms with Gasteiger partial charge >= 0.3 is 0 Å². The Hall–Kier alpha value is -0.690. The molecule has 0 spiro atoms. The van der Waals surface area contributed by atoms with Crippen molar-refractivity contribution in [3.05, 3.63) is 0 Å². The maximum absolute atomic E-state index is 9.97. The largest absolute Gasteiger partial charge is 0.379 e. The van der Waals surface area contributed by atoms with Gasteiger partial charge in [-0.25, -0.2) is 0 Å². The van der Waals surface area contributed by atoms with E-state index in [9.17, 15) is 4.79 Å². The van der Waals surface area contributed by atoms with Crippen molar-refractivity contribution in [3.8, 4) is 0 Å². The number of hydrogen-bond donors (Lipinski definition) is 2. The minimum atomic E-state index is 0.535. The fraction of sp³-hybridized carbons (Fsp3) is 0.929. The second kappa shape index (κ2) is 16.4. The monoisotopic (exact) mass is 290 g/mol. The molecule has 0 bridgehead atoms. The molecule has 1 amide bonds. The molecule has 0 aromatic rings. The first kappa shape index (κ1) is 19.3. The standard InChI is InChI=1S/C14H30N2O4/c1-14(2)16-6-4-8-19-10-12-20-11-9-18-7-3-5-15-13-17/h13-14,16H,3-12H2,1-2H3,(H,15,17). The van der Waals surface area contributed by atoms with Crippen LogP contribution in [0.4, 0.5) is 0 Å².